The number of hydrogen-bond acceptors (Lipinski definition) is 5. The number of nitrogens with one attached hydrogen (secondary N) is 4. The molecular formula is C12H17N5O3. The number of hydroxylamine groups is 1. The third-order valence-electron chi connectivity index (χ3n) is 2.54. The van der Waals surface area contributed by atoms with Gasteiger partial charge in [0.25, 0.3) is 0 Å². The summed E-state index contributed by atoms with van der Waals surface area (Å²) in [5.74, 6) is -0.223. The Labute approximate surface area is 116 Å². The molecule has 1 rings (SSSR count). The van der Waals surface area contributed by atoms with Crippen molar-refractivity contribution in [3.8, 4) is 0 Å². The minimum atomic E-state index is -0.621. The second kappa shape index (κ2) is 7.85. The summed E-state index contributed by atoms with van der Waals surface area (Å²) in [5, 5.41) is 5.33. The van der Waals surface area contributed by atoms with E-state index in [0.29, 0.717) is 12.1 Å². The molecule has 0 saturated heterocycles. The maximum absolute atomic E-state index is 11.4. The van der Waals surface area contributed by atoms with Crippen LogP contribution in [0.25, 0.3) is 0 Å². The van der Waals surface area contributed by atoms with Gasteiger partial charge < -0.3 is 5.32 Å². The average Bonchev–Trinajstić information content (AvgIpc) is 2.41. The van der Waals surface area contributed by atoms with Gasteiger partial charge in [0.1, 0.15) is 6.61 Å². The summed E-state index contributed by atoms with van der Waals surface area (Å²) in [6.45, 7) is 3.69. The van der Waals surface area contributed by atoms with Gasteiger partial charge in [-0.05, 0) is 18.6 Å². The van der Waals surface area contributed by atoms with Crippen molar-refractivity contribution in [2.45, 2.75) is 26.9 Å². The first-order chi connectivity index (χ1) is 9.58. The van der Waals surface area contributed by atoms with Crippen LogP contribution in [-0.4, -0.2) is 11.9 Å². The highest BCUT2D eigenvalue weighted by molar-refractivity contribution is 5.89. The molecule has 4 N–H and O–H groups in total. The van der Waals surface area contributed by atoms with Crippen LogP contribution in [0.2, 0.25) is 0 Å². The minimum absolute atomic E-state index is 0.117. The Morgan fingerprint density at radius 2 is 2.15 bits per heavy atom. The second-order valence-corrected chi connectivity index (χ2v) is 3.95. The predicted molar refractivity (Wildman–Crippen MR) is 71.7 cm³/mol. The Hall–Kier alpha value is -2.48. The van der Waals surface area contributed by atoms with Crippen molar-refractivity contribution >= 4 is 17.6 Å². The largest absolute Gasteiger partial charge is 0.340 e. The smallest absolute Gasteiger partial charge is 0.306 e. The van der Waals surface area contributed by atoms with Gasteiger partial charge >= 0.3 is 6.03 Å². The molecule has 0 aliphatic rings. The van der Waals surface area contributed by atoms with Crippen molar-refractivity contribution < 1.29 is 14.4 Å². The highest BCUT2D eigenvalue weighted by Crippen LogP contribution is 2.20. The highest BCUT2D eigenvalue weighted by Gasteiger charge is 2.09. The summed E-state index contributed by atoms with van der Waals surface area (Å²) < 4.78 is 0. The van der Waals surface area contributed by atoms with E-state index < -0.39 is 6.03 Å². The fourth-order valence-corrected chi connectivity index (χ4v) is 1.47. The molecular weight excluding hydrogens is 262 g/mol. The van der Waals surface area contributed by atoms with Gasteiger partial charge in [-0.1, -0.05) is 24.3 Å². The number of benzene rings is 1. The normalized spacial score (nSPS) is 9.70. The van der Waals surface area contributed by atoms with E-state index in [9.17, 15) is 9.59 Å². The molecule has 0 heterocycles. The van der Waals surface area contributed by atoms with Crippen molar-refractivity contribution in [2.75, 3.05) is 5.32 Å². The number of urea groups is 1. The molecule has 0 saturated carbocycles. The van der Waals surface area contributed by atoms with Gasteiger partial charge in [-0.15, -0.1) is 0 Å². The van der Waals surface area contributed by atoms with Crippen LogP contribution < -0.4 is 16.2 Å². The zero-order valence-corrected chi connectivity index (χ0v) is 11.3. The fourth-order valence-electron chi connectivity index (χ4n) is 1.47. The van der Waals surface area contributed by atoms with Gasteiger partial charge in [0.2, 0.25) is 5.91 Å². The summed E-state index contributed by atoms with van der Waals surface area (Å²) in [7, 11) is 0. The number of carbonyl (C=O) groups excluding carboxylic acids is 2. The lowest BCUT2D eigenvalue weighted by atomic mass is 10.1. The highest BCUT2D eigenvalue weighted by atomic mass is 16.6. The van der Waals surface area contributed by atoms with Crippen LogP contribution in [0.3, 0.4) is 0 Å². The van der Waals surface area contributed by atoms with E-state index in [2.05, 4.69) is 16.0 Å². The van der Waals surface area contributed by atoms with Crippen LogP contribution in [0, 0.1) is 12.5 Å². The number of carbonyl (C=O) groups is 2. The quantitative estimate of drug-likeness (QED) is 0.471. The Morgan fingerprint density at radius 3 is 2.80 bits per heavy atom. The second-order valence-electron chi connectivity index (χ2n) is 3.95. The lowest BCUT2D eigenvalue weighted by Gasteiger charge is -2.13. The zero-order valence-electron chi connectivity index (χ0n) is 11.3. The van der Waals surface area contributed by atoms with E-state index in [1.54, 1.807) is 19.1 Å². The average molecular weight is 279 g/mol. The monoisotopic (exact) mass is 279 g/mol. The van der Waals surface area contributed by atoms with E-state index in [0.717, 1.165) is 11.1 Å². The van der Waals surface area contributed by atoms with Crippen LogP contribution in [-0.2, 0) is 16.2 Å². The third kappa shape index (κ3) is 4.65. The van der Waals surface area contributed by atoms with Crippen LogP contribution >= 0.6 is 0 Å². The van der Waals surface area contributed by atoms with Gasteiger partial charge in [-0.2, -0.15) is 5.53 Å². The van der Waals surface area contributed by atoms with E-state index in [1.807, 2.05) is 18.4 Å². The summed E-state index contributed by atoms with van der Waals surface area (Å²) in [4.78, 5) is 27.5. The summed E-state index contributed by atoms with van der Waals surface area (Å²) >= 11 is 0. The molecule has 0 unspecified atom stereocenters. The SMILES string of the molecule is CCC(=O)NOCc1c(C)cccc1NC(=O)NN=N. The summed E-state index contributed by atoms with van der Waals surface area (Å²) in [5.41, 5.74) is 13.0. The van der Waals surface area contributed by atoms with Crippen molar-refractivity contribution in [2.24, 2.45) is 5.22 Å². The van der Waals surface area contributed by atoms with E-state index >= 15 is 0 Å². The van der Waals surface area contributed by atoms with Crippen LogP contribution in [0.1, 0.15) is 24.5 Å². The molecule has 0 aromatic heterocycles. The number of rotatable bonds is 6. The first-order valence-electron chi connectivity index (χ1n) is 6.01. The molecule has 20 heavy (non-hydrogen) atoms. The summed E-state index contributed by atoms with van der Waals surface area (Å²) in [6.07, 6.45) is 0.326. The number of nitrogens with zero attached hydrogens (tertiary/aromatic N) is 1. The van der Waals surface area contributed by atoms with Gasteiger partial charge in [-0.25, -0.2) is 15.7 Å². The van der Waals surface area contributed by atoms with Gasteiger partial charge in [0.15, 0.2) is 0 Å². The van der Waals surface area contributed by atoms with Gasteiger partial charge in [0, 0.05) is 17.7 Å². The van der Waals surface area contributed by atoms with Gasteiger partial charge in [-0.3, -0.25) is 9.63 Å². The fraction of sp³-hybridized carbons (Fsp3) is 0.333. The molecule has 8 nitrogen and oxygen atoms in total. The minimum Gasteiger partial charge on any atom is -0.306 e. The maximum Gasteiger partial charge on any atom is 0.340 e. The number of aryl methyl sites for hydroxylation is 1. The molecule has 0 atom stereocenters. The number of anilines is 1. The molecule has 0 spiro atoms. The lowest BCUT2D eigenvalue weighted by molar-refractivity contribution is -0.134. The predicted octanol–water partition coefficient (Wildman–Crippen LogP) is 2.02. The van der Waals surface area contributed by atoms with E-state index in [1.165, 1.54) is 0 Å². The lowest BCUT2D eigenvalue weighted by Crippen LogP contribution is -2.25. The topological polar surface area (TPSA) is 116 Å². The Morgan fingerprint density at radius 1 is 1.40 bits per heavy atom. The molecule has 0 radical (unpaired) electrons. The number of amides is 3. The first kappa shape index (κ1) is 15.6. The van der Waals surface area contributed by atoms with Crippen LogP contribution in [0.5, 0.6) is 0 Å². The van der Waals surface area contributed by atoms with Gasteiger partial charge in [0.05, 0.1) is 0 Å². The van der Waals surface area contributed by atoms with Crippen LogP contribution in [0.4, 0.5) is 10.5 Å². The summed E-state index contributed by atoms with van der Waals surface area (Å²) in [6, 6.07) is 4.70. The van der Waals surface area contributed by atoms with Crippen molar-refractivity contribution in [1.29, 1.82) is 5.53 Å². The molecule has 3 amide bonds. The molecule has 1 aromatic rings. The molecule has 0 fully saturated rings. The number of hydrogen-bond donors (Lipinski definition) is 4. The standard InChI is InChI=1S/C12H17N5O3/c1-3-11(18)16-20-7-9-8(2)5-4-6-10(9)14-12(19)15-17-13/h4-6H,3,7H2,1-2H3,(H,16,18)(H3,13,14,15,19). The van der Waals surface area contributed by atoms with Crippen molar-refractivity contribution in [3.63, 3.8) is 0 Å². The van der Waals surface area contributed by atoms with Crippen molar-refractivity contribution in [3.05, 3.63) is 29.3 Å². The van der Waals surface area contributed by atoms with Crippen LogP contribution in [0.15, 0.2) is 23.4 Å². The Bertz CT molecular complexity index is 504. The maximum atomic E-state index is 11.4. The van der Waals surface area contributed by atoms with E-state index in [4.69, 9.17) is 10.4 Å². The molecule has 108 valence electrons. The molecule has 8 heteroatoms. The Balaban J connectivity index is 2.75. The Kier molecular flexibility index (Phi) is 6.11. The molecule has 0 aliphatic carbocycles. The van der Waals surface area contributed by atoms with Crippen molar-refractivity contribution in [1.82, 2.24) is 10.9 Å². The third-order valence-corrected chi connectivity index (χ3v) is 2.54. The van der Waals surface area contributed by atoms with E-state index in [-0.39, 0.29) is 12.5 Å². The molecule has 0 aliphatic heterocycles. The zero-order chi connectivity index (χ0) is 15.0. The first-order valence-corrected chi connectivity index (χ1v) is 6.01. The molecule has 1 aromatic carbocycles. The molecule has 0 bridgehead atoms.